The fraction of sp³-hybridized carbons (Fsp3) is 0.400. The molecule has 1 fully saturated rings. The molecule has 2 aliphatic rings. The summed E-state index contributed by atoms with van der Waals surface area (Å²) >= 11 is 5.90. The van der Waals surface area contributed by atoms with Crippen molar-refractivity contribution >= 4 is 41.0 Å². The molecule has 1 aromatic rings. The molecule has 154 valence electrons. The molecule has 9 heteroatoms. The summed E-state index contributed by atoms with van der Waals surface area (Å²) in [6, 6.07) is 4.73. The van der Waals surface area contributed by atoms with E-state index in [4.69, 9.17) is 21.1 Å². The topological polar surface area (TPSA) is 102 Å². The summed E-state index contributed by atoms with van der Waals surface area (Å²) in [5.41, 5.74) is 0.352. The zero-order chi connectivity index (χ0) is 21.0. The van der Waals surface area contributed by atoms with Gasteiger partial charge in [-0.25, -0.2) is 0 Å². The summed E-state index contributed by atoms with van der Waals surface area (Å²) in [5, 5.41) is 2.96. The zero-order valence-corrected chi connectivity index (χ0v) is 16.6. The Morgan fingerprint density at radius 2 is 1.83 bits per heavy atom. The van der Waals surface area contributed by atoms with E-state index in [1.165, 1.54) is 13.2 Å². The van der Waals surface area contributed by atoms with Gasteiger partial charge in [0, 0.05) is 11.6 Å². The van der Waals surface area contributed by atoms with Gasteiger partial charge in [-0.1, -0.05) is 23.8 Å². The lowest BCUT2D eigenvalue weighted by Crippen LogP contribution is -2.33. The number of allylic oxidation sites excluding steroid dienone is 2. The van der Waals surface area contributed by atoms with Crippen LogP contribution < -0.4 is 10.1 Å². The monoisotopic (exact) mass is 420 g/mol. The van der Waals surface area contributed by atoms with Crippen LogP contribution in [0.1, 0.15) is 19.3 Å². The molecule has 1 heterocycles. The SMILES string of the molecule is COc1ccc(Cl)cc1NC(=O)COC(=O)CCN1C(=O)[C@H]2CC=CC[C@@H]2C1=O. The van der Waals surface area contributed by atoms with Crippen LogP contribution in [-0.4, -0.2) is 48.9 Å². The molecule has 1 N–H and O–H groups in total. The maximum absolute atomic E-state index is 12.4. The Labute approximate surface area is 172 Å². The number of esters is 1. The van der Waals surface area contributed by atoms with Gasteiger partial charge >= 0.3 is 5.97 Å². The third-order valence-electron chi connectivity index (χ3n) is 4.94. The Hall–Kier alpha value is -2.87. The quantitative estimate of drug-likeness (QED) is 0.412. The molecule has 1 aliphatic heterocycles. The number of ether oxygens (including phenoxy) is 2. The second kappa shape index (κ2) is 9.09. The number of carbonyl (C=O) groups excluding carboxylic acids is 4. The van der Waals surface area contributed by atoms with Crippen LogP contribution in [0.4, 0.5) is 5.69 Å². The van der Waals surface area contributed by atoms with Crippen molar-refractivity contribution in [3.05, 3.63) is 35.4 Å². The number of halogens is 1. The standard InChI is InChI=1S/C20H21ClN2O6/c1-28-16-7-6-12(21)10-15(16)22-17(24)11-29-18(25)8-9-23-19(26)13-4-2-3-5-14(13)20(23)27/h2-3,6-7,10,13-14H,4-5,8-9,11H2,1H3,(H,22,24)/t13-,14-/m0/s1. The van der Waals surface area contributed by atoms with E-state index >= 15 is 0 Å². The van der Waals surface area contributed by atoms with Gasteiger partial charge in [0.15, 0.2) is 6.61 Å². The minimum Gasteiger partial charge on any atom is -0.495 e. The largest absolute Gasteiger partial charge is 0.495 e. The number of hydrogen-bond acceptors (Lipinski definition) is 6. The highest BCUT2D eigenvalue weighted by Crippen LogP contribution is 2.35. The molecule has 0 radical (unpaired) electrons. The van der Waals surface area contributed by atoms with Crippen LogP contribution in [0.2, 0.25) is 5.02 Å². The Kier molecular flexibility index (Phi) is 6.53. The second-order valence-corrected chi connectivity index (χ2v) is 7.22. The van der Waals surface area contributed by atoms with E-state index in [2.05, 4.69) is 5.32 Å². The molecule has 0 aromatic heterocycles. The Morgan fingerprint density at radius 3 is 2.45 bits per heavy atom. The minimum atomic E-state index is -0.674. The van der Waals surface area contributed by atoms with Crippen molar-refractivity contribution in [1.29, 1.82) is 0 Å². The van der Waals surface area contributed by atoms with E-state index in [9.17, 15) is 19.2 Å². The van der Waals surface area contributed by atoms with Crippen LogP contribution in [0, 0.1) is 11.8 Å². The third kappa shape index (κ3) is 4.76. The van der Waals surface area contributed by atoms with Gasteiger partial charge in [-0.05, 0) is 31.0 Å². The molecule has 29 heavy (non-hydrogen) atoms. The average Bonchev–Trinajstić information content (AvgIpc) is 2.95. The van der Waals surface area contributed by atoms with Crippen LogP contribution in [0.25, 0.3) is 0 Å². The summed E-state index contributed by atoms with van der Waals surface area (Å²) in [6.07, 6.45) is 4.72. The Bertz CT molecular complexity index is 843. The number of benzene rings is 1. The number of nitrogens with one attached hydrogen (secondary N) is 1. The first kappa shape index (κ1) is 20.9. The molecule has 0 spiro atoms. The normalized spacial score (nSPS) is 20.4. The highest BCUT2D eigenvalue weighted by Gasteiger charge is 2.46. The molecular formula is C20H21ClN2O6. The first-order valence-electron chi connectivity index (χ1n) is 9.20. The predicted molar refractivity (Wildman–Crippen MR) is 104 cm³/mol. The van der Waals surface area contributed by atoms with Crippen LogP contribution in [0.3, 0.4) is 0 Å². The molecule has 3 amide bonds. The number of anilines is 1. The highest BCUT2D eigenvalue weighted by atomic mass is 35.5. The summed E-state index contributed by atoms with van der Waals surface area (Å²) in [7, 11) is 1.45. The van der Waals surface area contributed by atoms with Crippen LogP contribution in [0.5, 0.6) is 5.75 Å². The molecule has 0 bridgehead atoms. The molecule has 3 rings (SSSR count). The number of fused-ring (bicyclic) bond motifs is 1. The van der Waals surface area contributed by atoms with E-state index in [1.54, 1.807) is 12.1 Å². The van der Waals surface area contributed by atoms with Gasteiger partial charge < -0.3 is 14.8 Å². The number of carbonyl (C=O) groups is 4. The fourth-order valence-corrected chi connectivity index (χ4v) is 3.65. The summed E-state index contributed by atoms with van der Waals surface area (Å²) in [5.74, 6) is -1.98. The van der Waals surface area contributed by atoms with Gasteiger partial charge in [0.1, 0.15) is 5.75 Å². The maximum Gasteiger partial charge on any atom is 0.308 e. The number of rotatable bonds is 7. The van der Waals surface area contributed by atoms with E-state index in [-0.39, 0.29) is 36.6 Å². The van der Waals surface area contributed by atoms with E-state index in [1.807, 2.05) is 12.2 Å². The van der Waals surface area contributed by atoms with Crippen molar-refractivity contribution in [3.63, 3.8) is 0 Å². The van der Waals surface area contributed by atoms with Crippen molar-refractivity contribution in [2.45, 2.75) is 19.3 Å². The summed E-state index contributed by atoms with van der Waals surface area (Å²) in [6.45, 7) is -0.557. The third-order valence-corrected chi connectivity index (χ3v) is 5.17. The molecule has 0 saturated carbocycles. The number of amides is 3. The predicted octanol–water partition coefficient (Wildman–Crippen LogP) is 2.17. The minimum absolute atomic E-state index is 0.0484. The zero-order valence-electron chi connectivity index (χ0n) is 15.9. The van der Waals surface area contributed by atoms with Crippen molar-refractivity contribution < 1.29 is 28.7 Å². The molecular weight excluding hydrogens is 400 g/mol. The Morgan fingerprint density at radius 1 is 1.17 bits per heavy atom. The van der Waals surface area contributed by atoms with Crippen molar-refractivity contribution in [1.82, 2.24) is 4.90 Å². The van der Waals surface area contributed by atoms with Crippen LogP contribution >= 0.6 is 11.6 Å². The average molecular weight is 421 g/mol. The summed E-state index contributed by atoms with van der Waals surface area (Å²) < 4.78 is 10.1. The number of methoxy groups -OCH3 is 1. The number of imide groups is 1. The first-order chi connectivity index (χ1) is 13.9. The van der Waals surface area contributed by atoms with Gasteiger partial charge in [-0.15, -0.1) is 0 Å². The second-order valence-electron chi connectivity index (χ2n) is 6.79. The van der Waals surface area contributed by atoms with Gasteiger partial charge in [0.25, 0.3) is 5.91 Å². The smallest absolute Gasteiger partial charge is 0.308 e. The lowest BCUT2D eigenvalue weighted by molar-refractivity contribution is -0.148. The molecule has 1 aliphatic carbocycles. The Balaban J connectivity index is 1.46. The van der Waals surface area contributed by atoms with Crippen LogP contribution in [0.15, 0.2) is 30.4 Å². The molecule has 0 unspecified atom stereocenters. The van der Waals surface area contributed by atoms with Crippen molar-refractivity contribution in [3.8, 4) is 5.75 Å². The number of likely N-dealkylation sites (tertiary alicyclic amines) is 1. The molecule has 1 saturated heterocycles. The van der Waals surface area contributed by atoms with Gasteiger partial charge in [-0.2, -0.15) is 0 Å². The van der Waals surface area contributed by atoms with Crippen molar-refractivity contribution in [2.24, 2.45) is 11.8 Å². The van der Waals surface area contributed by atoms with Crippen molar-refractivity contribution in [2.75, 3.05) is 25.6 Å². The maximum atomic E-state index is 12.4. The van der Waals surface area contributed by atoms with E-state index < -0.39 is 18.5 Å². The van der Waals surface area contributed by atoms with Gasteiger partial charge in [0.05, 0.1) is 31.1 Å². The molecule has 8 nitrogen and oxygen atoms in total. The number of hydrogen-bond donors (Lipinski definition) is 1. The lowest BCUT2D eigenvalue weighted by Gasteiger charge is -2.14. The molecule has 1 aromatic carbocycles. The molecule has 2 atom stereocenters. The summed E-state index contributed by atoms with van der Waals surface area (Å²) in [4.78, 5) is 49.8. The highest BCUT2D eigenvalue weighted by molar-refractivity contribution is 6.31. The van der Waals surface area contributed by atoms with Gasteiger partial charge in [0.2, 0.25) is 11.8 Å². The lowest BCUT2D eigenvalue weighted by atomic mass is 9.85. The van der Waals surface area contributed by atoms with E-state index in [0.29, 0.717) is 29.3 Å². The fourth-order valence-electron chi connectivity index (χ4n) is 3.47. The van der Waals surface area contributed by atoms with E-state index in [0.717, 1.165) is 4.90 Å². The van der Waals surface area contributed by atoms with Crippen LogP contribution in [-0.2, 0) is 23.9 Å². The first-order valence-corrected chi connectivity index (χ1v) is 9.57. The number of nitrogens with zero attached hydrogens (tertiary/aromatic N) is 1. The van der Waals surface area contributed by atoms with Gasteiger partial charge in [-0.3, -0.25) is 24.1 Å².